The summed E-state index contributed by atoms with van der Waals surface area (Å²) in [5.74, 6) is 0.0765. The summed E-state index contributed by atoms with van der Waals surface area (Å²) < 4.78 is 20.2. The fourth-order valence-corrected chi connectivity index (χ4v) is 3.17. The lowest BCUT2D eigenvalue weighted by molar-refractivity contribution is -0.118. The van der Waals surface area contributed by atoms with E-state index in [-0.39, 0.29) is 24.1 Å². The molecule has 0 saturated carbocycles. The highest BCUT2D eigenvalue weighted by atomic mass is 35.5. The lowest BCUT2D eigenvalue weighted by Gasteiger charge is -2.08. The number of nitrogens with zero attached hydrogens (tertiary/aromatic N) is 3. The average Bonchev–Trinajstić information content (AvgIpc) is 3.12. The predicted molar refractivity (Wildman–Crippen MR) is 102 cm³/mol. The first kappa shape index (κ1) is 19.2. The number of carbonyl (C=O) groups excluding carboxylic acids is 1. The fourth-order valence-electron chi connectivity index (χ4n) is 2.22. The molecule has 0 bridgehead atoms. The van der Waals surface area contributed by atoms with Crippen LogP contribution in [0, 0.1) is 5.82 Å². The van der Waals surface area contributed by atoms with Gasteiger partial charge in [0.2, 0.25) is 5.91 Å². The number of hydrogen-bond donors (Lipinski definition) is 1. The SMILES string of the molecule is O=C(CSc1nncn1-c1cccc(Cl)c1)NCCOc1cccc(F)c1. The molecule has 0 saturated heterocycles. The number of carbonyl (C=O) groups is 1. The molecule has 1 heterocycles. The topological polar surface area (TPSA) is 69.0 Å². The first-order valence-electron chi connectivity index (χ1n) is 8.05. The molecular weight excluding hydrogens is 391 g/mol. The largest absolute Gasteiger partial charge is 0.492 e. The van der Waals surface area contributed by atoms with E-state index < -0.39 is 0 Å². The molecular formula is C18H16ClFN4O2S. The number of ether oxygens (including phenoxy) is 1. The Morgan fingerprint density at radius 3 is 2.93 bits per heavy atom. The van der Waals surface area contributed by atoms with Gasteiger partial charge in [-0.15, -0.1) is 10.2 Å². The number of hydrogen-bond acceptors (Lipinski definition) is 5. The van der Waals surface area contributed by atoms with Gasteiger partial charge >= 0.3 is 0 Å². The number of benzene rings is 2. The summed E-state index contributed by atoms with van der Waals surface area (Å²) >= 11 is 7.27. The molecule has 140 valence electrons. The number of aromatic nitrogens is 3. The van der Waals surface area contributed by atoms with Crippen molar-refractivity contribution in [3.63, 3.8) is 0 Å². The molecule has 6 nitrogen and oxygen atoms in total. The third-order valence-corrected chi connectivity index (χ3v) is 4.60. The van der Waals surface area contributed by atoms with Gasteiger partial charge in [-0.1, -0.05) is 35.5 Å². The van der Waals surface area contributed by atoms with Gasteiger partial charge in [-0.25, -0.2) is 4.39 Å². The van der Waals surface area contributed by atoms with Crippen LogP contribution in [0.1, 0.15) is 0 Å². The van der Waals surface area contributed by atoms with E-state index in [1.165, 1.54) is 23.9 Å². The molecule has 9 heteroatoms. The van der Waals surface area contributed by atoms with Crippen molar-refractivity contribution >= 4 is 29.3 Å². The highest BCUT2D eigenvalue weighted by Gasteiger charge is 2.10. The van der Waals surface area contributed by atoms with Crippen molar-refractivity contribution in [2.24, 2.45) is 0 Å². The van der Waals surface area contributed by atoms with Gasteiger partial charge in [-0.3, -0.25) is 9.36 Å². The first-order valence-corrected chi connectivity index (χ1v) is 9.42. The van der Waals surface area contributed by atoms with Gasteiger partial charge in [-0.2, -0.15) is 0 Å². The normalized spacial score (nSPS) is 10.6. The zero-order chi connectivity index (χ0) is 19.1. The van der Waals surface area contributed by atoms with E-state index in [4.69, 9.17) is 16.3 Å². The second-order valence-electron chi connectivity index (χ2n) is 5.41. The average molecular weight is 407 g/mol. The highest BCUT2D eigenvalue weighted by molar-refractivity contribution is 7.99. The summed E-state index contributed by atoms with van der Waals surface area (Å²) in [6.07, 6.45) is 1.57. The lowest BCUT2D eigenvalue weighted by atomic mass is 10.3. The van der Waals surface area contributed by atoms with Crippen LogP contribution in [0.3, 0.4) is 0 Å². The molecule has 1 aromatic heterocycles. The zero-order valence-electron chi connectivity index (χ0n) is 14.1. The smallest absolute Gasteiger partial charge is 0.230 e. The van der Waals surface area contributed by atoms with Crippen molar-refractivity contribution in [1.29, 1.82) is 0 Å². The van der Waals surface area contributed by atoms with E-state index in [2.05, 4.69) is 15.5 Å². The zero-order valence-corrected chi connectivity index (χ0v) is 15.7. The maximum Gasteiger partial charge on any atom is 0.230 e. The highest BCUT2D eigenvalue weighted by Crippen LogP contribution is 2.21. The maximum atomic E-state index is 13.0. The van der Waals surface area contributed by atoms with Crippen molar-refractivity contribution in [2.75, 3.05) is 18.9 Å². The molecule has 0 aliphatic heterocycles. The van der Waals surface area contributed by atoms with Gasteiger partial charge in [0.1, 0.15) is 24.5 Å². The van der Waals surface area contributed by atoms with Crippen LogP contribution in [-0.2, 0) is 4.79 Å². The molecule has 0 aliphatic carbocycles. The third kappa shape index (κ3) is 5.70. The number of rotatable bonds is 8. The molecule has 1 amide bonds. The maximum absolute atomic E-state index is 13.0. The molecule has 0 atom stereocenters. The van der Waals surface area contributed by atoms with Crippen LogP contribution in [-0.4, -0.2) is 39.6 Å². The number of halogens is 2. The minimum atomic E-state index is -0.364. The monoisotopic (exact) mass is 406 g/mol. The van der Waals surface area contributed by atoms with Gasteiger partial charge in [-0.05, 0) is 30.3 Å². The summed E-state index contributed by atoms with van der Waals surface area (Å²) in [4.78, 5) is 12.0. The molecule has 2 aromatic carbocycles. The predicted octanol–water partition coefficient (Wildman–Crippen LogP) is 3.35. The van der Waals surface area contributed by atoms with Crippen LogP contribution in [0.4, 0.5) is 4.39 Å². The van der Waals surface area contributed by atoms with E-state index in [1.807, 2.05) is 12.1 Å². The summed E-state index contributed by atoms with van der Waals surface area (Å²) in [5, 5.41) is 11.9. The quantitative estimate of drug-likeness (QED) is 0.459. The Balaban J connectivity index is 1.44. The minimum Gasteiger partial charge on any atom is -0.492 e. The lowest BCUT2D eigenvalue weighted by Crippen LogP contribution is -2.29. The van der Waals surface area contributed by atoms with E-state index in [0.29, 0.717) is 22.5 Å². The third-order valence-electron chi connectivity index (χ3n) is 3.42. The van der Waals surface area contributed by atoms with Crippen molar-refractivity contribution in [2.45, 2.75) is 5.16 Å². The Morgan fingerprint density at radius 1 is 1.26 bits per heavy atom. The molecule has 3 aromatic rings. The first-order chi connectivity index (χ1) is 13.1. The van der Waals surface area contributed by atoms with Crippen LogP contribution < -0.4 is 10.1 Å². The van der Waals surface area contributed by atoms with Crippen LogP contribution >= 0.6 is 23.4 Å². The van der Waals surface area contributed by atoms with E-state index in [9.17, 15) is 9.18 Å². The van der Waals surface area contributed by atoms with Gasteiger partial charge in [0.15, 0.2) is 5.16 Å². The van der Waals surface area contributed by atoms with Crippen molar-refractivity contribution < 1.29 is 13.9 Å². The van der Waals surface area contributed by atoms with E-state index >= 15 is 0 Å². The van der Waals surface area contributed by atoms with Crippen LogP contribution in [0.2, 0.25) is 5.02 Å². The summed E-state index contributed by atoms with van der Waals surface area (Å²) in [5.41, 5.74) is 0.818. The Hall–Kier alpha value is -2.58. The number of thioether (sulfide) groups is 1. The van der Waals surface area contributed by atoms with Crippen LogP contribution in [0.5, 0.6) is 5.75 Å². The molecule has 0 radical (unpaired) electrons. The molecule has 0 unspecified atom stereocenters. The van der Waals surface area contributed by atoms with Gasteiger partial charge in [0.05, 0.1) is 18.0 Å². The van der Waals surface area contributed by atoms with E-state index in [0.717, 1.165) is 5.69 Å². The molecule has 0 fully saturated rings. The Labute approximate surface area is 164 Å². The fraction of sp³-hybridized carbons (Fsp3) is 0.167. The number of nitrogens with one attached hydrogen (secondary N) is 1. The number of amides is 1. The molecule has 3 rings (SSSR count). The summed E-state index contributed by atoms with van der Waals surface area (Å²) in [7, 11) is 0. The van der Waals surface area contributed by atoms with Gasteiger partial charge < -0.3 is 10.1 Å². The molecule has 0 aliphatic rings. The molecule has 27 heavy (non-hydrogen) atoms. The van der Waals surface area contributed by atoms with Crippen molar-refractivity contribution in [3.05, 3.63) is 65.7 Å². The van der Waals surface area contributed by atoms with Crippen molar-refractivity contribution in [1.82, 2.24) is 20.1 Å². The van der Waals surface area contributed by atoms with Crippen LogP contribution in [0.25, 0.3) is 5.69 Å². The second kappa shape index (κ2) is 9.38. The summed E-state index contributed by atoms with van der Waals surface area (Å²) in [6, 6.07) is 13.1. The van der Waals surface area contributed by atoms with Crippen molar-refractivity contribution in [3.8, 4) is 11.4 Å². The van der Waals surface area contributed by atoms with Crippen LogP contribution in [0.15, 0.2) is 60.0 Å². The molecule has 0 spiro atoms. The minimum absolute atomic E-state index is 0.163. The Kier molecular flexibility index (Phi) is 6.67. The van der Waals surface area contributed by atoms with E-state index in [1.54, 1.807) is 35.2 Å². The molecule has 1 N–H and O–H groups in total. The Bertz CT molecular complexity index is 922. The van der Waals surface area contributed by atoms with Gasteiger partial charge in [0, 0.05) is 11.1 Å². The van der Waals surface area contributed by atoms with Gasteiger partial charge in [0.25, 0.3) is 0 Å². The second-order valence-corrected chi connectivity index (χ2v) is 6.79. The summed E-state index contributed by atoms with van der Waals surface area (Å²) in [6.45, 7) is 0.565. The Morgan fingerprint density at radius 2 is 2.11 bits per heavy atom. The standard InChI is InChI=1S/C18H16ClFN4O2S/c19-13-3-1-5-15(9-13)24-12-22-23-18(24)27-11-17(25)21-7-8-26-16-6-2-4-14(20)10-16/h1-6,9-10,12H,7-8,11H2,(H,21,25).